The number of aromatic nitrogens is 1. The van der Waals surface area contributed by atoms with Crippen LogP contribution in [0.5, 0.6) is 0 Å². The second-order valence-electron chi connectivity index (χ2n) is 7.55. The quantitative estimate of drug-likeness (QED) is 0.731. The fraction of sp³-hybridized carbons (Fsp3) is 0.476. The molecule has 2 aromatic rings. The van der Waals surface area contributed by atoms with Crippen molar-refractivity contribution in [2.45, 2.75) is 56.5 Å². The van der Waals surface area contributed by atoms with E-state index in [1.807, 2.05) is 37.5 Å². The highest BCUT2D eigenvalue weighted by molar-refractivity contribution is 5.82. The molecule has 1 aliphatic carbocycles. The Morgan fingerprint density at radius 2 is 2.04 bits per heavy atom. The average Bonchev–Trinajstić information content (AvgIpc) is 3.41. The molecule has 1 aromatic carbocycles. The van der Waals surface area contributed by atoms with Gasteiger partial charge in [0, 0.05) is 18.9 Å². The van der Waals surface area contributed by atoms with Crippen LogP contribution in [0.15, 0.2) is 48.7 Å². The van der Waals surface area contributed by atoms with Gasteiger partial charge in [0.15, 0.2) is 0 Å². The number of amides is 1. The lowest BCUT2D eigenvalue weighted by molar-refractivity contribution is -0.124. The summed E-state index contributed by atoms with van der Waals surface area (Å²) in [6.07, 6.45) is 5.93. The summed E-state index contributed by atoms with van der Waals surface area (Å²) in [4.78, 5) is 12.7. The minimum absolute atomic E-state index is 0.0550. The number of rotatable bonds is 6. The molecule has 6 nitrogen and oxygen atoms in total. The molecule has 1 saturated heterocycles. The van der Waals surface area contributed by atoms with Crippen LogP contribution in [0.1, 0.15) is 43.0 Å². The summed E-state index contributed by atoms with van der Waals surface area (Å²) in [6.45, 7) is 0.594. The molecular formula is C21H28N4O2. The van der Waals surface area contributed by atoms with Crippen molar-refractivity contribution in [3.05, 3.63) is 59.9 Å². The van der Waals surface area contributed by atoms with Gasteiger partial charge in [-0.25, -0.2) is 10.9 Å². The number of aryl methyl sites for hydroxylation is 1. The van der Waals surface area contributed by atoms with E-state index in [0.29, 0.717) is 6.61 Å². The third kappa shape index (κ3) is 4.24. The largest absolute Gasteiger partial charge is 0.371 e. The molecule has 0 bridgehead atoms. The molecular weight excluding hydrogens is 340 g/mol. The van der Waals surface area contributed by atoms with Gasteiger partial charge in [-0.3, -0.25) is 4.79 Å². The van der Waals surface area contributed by atoms with Crippen LogP contribution in [0.25, 0.3) is 0 Å². The van der Waals surface area contributed by atoms with Crippen LogP contribution in [0, 0.1) is 0 Å². The van der Waals surface area contributed by atoms with Gasteiger partial charge in [-0.05, 0) is 43.4 Å². The Morgan fingerprint density at radius 1 is 1.19 bits per heavy atom. The second kappa shape index (κ2) is 8.25. The Hall–Kier alpha value is -2.15. The zero-order valence-electron chi connectivity index (χ0n) is 15.7. The van der Waals surface area contributed by atoms with Gasteiger partial charge < -0.3 is 14.6 Å². The molecule has 4 rings (SSSR count). The van der Waals surface area contributed by atoms with Crippen LogP contribution in [-0.2, 0) is 23.2 Å². The lowest BCUT2D eigenvalue weighted by Crippen LogP contribution is -2.49. The minimum Gasteiger partial charge on any atom is -0.371 e. The standard InChI is InChI=1S/C21H28N4O2/c1-25-12-6-10-19(25)17-13-18(24-23-17)21(26)22-16-9-5-11-20(16)27-14-15-7-3-2-4-8-15/h2-4,6-8,10,12,16-18,20,23-24H,5,9,11,13-14H2,1H3,(H,22,26)/t16-,17?,18?,20-/m1/s1. The predicted octanol–water partition coefficient (Wildman–Crippen LogP) is 2.19. The van der Waals surface area contributed by atoms with E-state index in [1.165, 1.54) is 11.3 Å². The molecule has 0 spiro atoms. The van der Waals surface area contributed by atoms with Gasteiger partial charge in [-0.15, -0.1) is 0 Å². The molecule has 4 atom stereocenters. The van der Waals surface area contributed by atoms with Crippen LogP contribution >= 0.6 is 0 Å². The fourth-order valence-electron chi connectivity index (χ4n) is 4.11. The summed E-state index contributed by atoms with van der Waals surface area (Å²) >= 11 is 0. The number of carbonyl (C=O) groups is 1. The maximum Gasteiger partial charge on any atom is 0.238 e. The molecule has 27 heavy (non-hydrogen) atoms. The molecule has 2 fully saturated rings. The first-order valence-electron chi connectivity index (χ1n) is 9.79. The summed E-state index contributed by atoms with van der Waals surface area (Å²) in [7, 11) is 2.03. The topological polar surface area (TPSA) is 67.3 Å². The fourth-order valence-corrected chi connectivity index (χ4v) is 4.11. The summed E-state index contributed by atoms with van der Waals surface area (Å²) < 4.78 is 8.19. The van der Waals surface area contributed by atoms with E-state index in [9.17, 15) is 4.79 Å². The number of ether oxygens (including phenoxy) is 1. The van der Waals surface area contributed by atoms with Crippen molar-refractivity contribution in [2.75, 3.05) is 0 Å². The summed E-state index contributed by atoms with van der Waals surface area (Å²) in [5.74, 6) is 0.0550. The average molecular weight is 368 g/mol. The minimum atomic E-state index is -0.222. The van der Waals surface area contributed by atoms with Gasteiger partial charge >= 0.3 is 0 Å². The van der Waals surface area contributed by atoms with Crippen molar-refractivity contribution >= 4 is 5.91 Å². The maximum atomic E-state index is 12.7. The van der Waals surface area contributed by atoms with Crippen LogP contribution in [0.2, 0.25) is 0 Å². The van der Waals surface area contributed by atoms with Crippen LogP contribution in [-0.4, -0.2) is 28.7 Å². The molecule has 2 aliphatic rings. The van der Waals surface area contributed by atoms with E-state index in [4.69, 9.17) is 4.74 Å². The number of hydrogen-bond donors (Lipinski definition) is 3. The Kier molecular flexibility index (Phi) is 5.57. The van der Waals surface area contributed by atoms with Crippen LogP contribution in [0.3, 0.4) is 0 Å². The van der Waals surface area contributed by atoms with Crippen molar-refractivity contribution < 1.29 is 9.53 Å². The van der Waals surface area contributed by atoms with Gasteiger partial charge in [0.1, 0.15) is 6.04 Å². The van der Waals surface area contributed by atoms with Crippen molar-refractivity contribution in [2.24, 2.45) is 7.05 Å². The molecule has 2 unspecified atom stereocenters. The van der Waals surface area contributed by atoms with Gasteiger partial charge in [0.2, 0.25) is 5.91 Å². The highest BCUT2D eigenvalue weighted by Crippen LogP contribution is 2.25. The van der Waals surface area contributed by atoms with Crippen LogP contribution < -0.4 is 16.2 Å². The van der Waals surface area contributed by atoms with Crippen molar-refractivity contribution in [1.82, 2.24) is 20.7 Å². The normalized spacial score (nSPS) is 27.7. The molecule has 1 aromatic heterocycles. The molecule has 2 heterocycles. The number of nitrogens with zero attached hydrogens (tertiary/aromatic N) is 1. The van der Waals surface area contributed by atoms with E-state index in [-0.39, 0.29) is 30.1 Å². The highest BCUT2D eigenvalue weighted by Gasteiger charge is 2.35. The Labute approximate surface area is 160 Å². The SMILES string of the molecule is Cn1cccc1C1CC(C(=O)N[C@@H]2CCC[C@H]2OCc2ccccc2)NN1. The molecule has 6 heteroatoms. The van der Waals surface area contributed by atoms with E-state index in [2.05, 4.69) is 38.9 Å². The third-order valence-corrected chi connectivity index (χ3v) is 5.65. The molecule has 1 saturated carbocycles. The maximum absolute atomic E-state index is 12.7. The first-order valence-corrected chi connectivity index (χ1v) is 9.79. The van der Waals surface area contributed by atoms with Crippen molar-refractivity contribution in [3.63, 3.8) is 0 Å². The molecule has 144 valence electrons. The summed E-state index contributed by atoms with van der Waals surface area (Å²) in [6, 6.07) is 14.3. The van der Waals surface area contributed by atoms with Gasteiger partial charge in [-0.1, -0.05) is 30.3 Å². The Bertz CT molecular complexity index is 761. The molecule has 0 radical (unpaired) electrons. The number of benzene rings is 1. The molecule has 1 amide bonds. The van der Waals surface area contributed by atoms with Gasteiger partial charge in [0.25, 0.3) is 0 Å². The van der Waals surface area contributed by atoms with E-state index >= 15 is 0 Å². The van der Waals surface area contributed by atoms with Crippen molar-refractivity contribution in [3.8, 4) is 0 Å². The number of nitrogens with one attached hydrogen (secondary N) is 3. The number of hydrazine groups is 1. The third-order valence-electron chi connectivity index (χ3n) is 5.65. The zero-order valence-corrected chi connectivity index (χ0v) is 15.7. The van der Waals surface area contributed by atoms with Gasteiger partial charge in [-0.2, -0.15) is 0 Å². The number of carbonyl (C=O) groups excluding carboxylic acids is 1. The highest BCUT2D eigenvalue weighted by atomic mass is 16.5. The second-order valence-corrected chi connectivity index (χ2v) is 7.55. The smallest absolute Gasteiger partial charge is 0.238 e. The lowest BCUT2D eigenvalue weighted by atomic mass is 10.1. The first kappa shape index (κ1) is 18.2. The zero-order chi connectivity index (χ0) is 18.6. The van der Waals surface area contributed by atoms with E-state index < -0.39 is 0 Å². The summed E-state index contributed by atoms with van der Waals surface area (Å²) in [5.41, 5.74) is 8.75. The molecule has 3 N–H and O–H groups in total. The predicted molar refractivity (Wildman–Crippen MR) is 104 cm³/mol. The van der Waals surface area contributed by atoms with Crippen molar-refractivity contribution in [1.29, 1.82) is 0 Å². The Morgan fingerprint density at radius 3 is 2.81 bits per heavy atom. The summed E-state index contributed by atoms with van der Waals surface area (Å²) in [5, 5.41) is 3.21. The van der Waals surface area contributed by atoms with E-state index in [1.54, 1.807) is 0 Å². The Balaban J connectivity index is 1.29. The van der Waals surface area contributed by atoms with Gasteiger partial charge in [0.05, 0.1) is 24.8 Å². The van der Waals surface area contributed by atoms with E-state index in [0.717, 1.165) is 25.7 Å². The van der Waals surface area contributed by atoms with Crippen LogP contribution in [0.4, 0.5) is 0 Å². The lowest BCUT2D eigenvalue weighted by Gasteiger charge is -2.23. The first-order chi connectivity index (χ1) is 13.2. The monoisotopic (exact) mass is 368 g/mol. The molecule has 1 aliphatic heterocycles. The number of hydrogen-bond acceptors (Lipinski definition) is 4.